The topological polar surface area (TPSA) is 91.6 Å². The predicted octanol–water partition coefficient (Wildman–Crippen LogP) is 2.22. The van der Waals surface area contributed by atoms with Crippen molar-refractivity contribution in [1.82, 2.24) is 9.24 Å². The Morgan fingerprint density at radius 1 is 1.08 bits per heavy atom. The molecule has 9 heteroatoms. The monoisotopic (exact) mass is 365 g/mol. The molecule has 0 unspecified atom stereocenters. The third kappa shape index (κ3) is 3.76. The molecule has 2 aromatic rings. The fourth-order valence-electron chi connectivity index (χ4n) is 2.49. The summed E-state index contributed by atoms with van der Waals surface area (Å²) in [5, 5.41) is 0. The first-order valence-corrected chi connectivity index (χ1v) is 8.17. The summed E-state index contributed by atoms with van der Waals surface area (Å²) in [6.45, 7) is 5.16. The van der Waals surface area contributed by atoms with Crippen LogP contribution in [0.5, 0.6) is 0 Å². The number of nitrogens with zero attached hydrogens (tertiary/aromatic N) is 2. The van der Waals surface area contributed by atoms with E-state index in [1.807, 2.05) is 0 Å². The molecule has 8 nitrogen and oxygen atoms in total. The van der Waals surface area contributed by atoms with Crippen LogP contribution in [0.25, 0.3) is 5.69 Å². The number of amides is 1. The smallest absolute Gasteiger partial charge is 0.426 e. The summed E-state index contributed by atoms with van der Waals surface area (Å²) in [6, 6.07) is 5.20. The normalized spacial score (nSPS) is 10.5. The molecule has 0 atom stereocenters. The minimum Gasteiger partial charge on any atom is -0.461 e. The zero-order chi connectivity index (χ0) is 19.3. The van der Waals surface area contributed by atoms with Crippen molar-refractivity contribution < 1.29 is 23.5 Å². The number of nitrogens with one attached hydrogen (secondary N) is 1. The van der Waals surface area contributed by atoms with Crippen LogP contribution in [-0.4, -0.2) is 34.5 Å². The number of ether oxygens (including phenoxy) is 2. The van der Waals surface area contributed by atoms with Crippen LogP contribution in [0.15, 0.2) is 29.1 Å². The van der Waals surface area contributed by atoms with Gasteiger partial charge in [0.25, 0.3) is 0 Å². The number of esters is 1. The van der Waals surface area contributed by atoms with Gasteiger partial charge in [0.15, 0.2) is 5.69 Å². The van der Waals surface area contributed by atoms with Gasteiger partial charge in [-0.3, -0.25) is 4.57 Å². The Kier molecular flexibility index (Phi) is 6.16. The fraction of sp³-hybridized carbons (Fsp3) is 0.353. The largest absolute Gasteiger partial charge is 0.461 e. The molecule has 0 radical (unpaired) electrons. The fourth-order valence-corrected chi connectivity index (χ4v) is 2.49. The Balaban J connectivity index is 2.68. The third-order valence-electron chi connectivity index (χ3n) is 3.52. The average molecular weight is 365 g/mol. The standard InChI is InChI=1S/C17H20FN3O5/c1-4-13-14(15(22)25-5-2)21(19-16(23)26-6-3)17(24)20(13)12-9-7-11(18)8-10-12/h7-10H,4-6H2,1-3H3,(H,19,23). The quantitative estimate of drug-likeness (QED) is 0.793. The maximum Gasteiger partial charge on any atom is 0.426 e. The molecule has 0 aliphatic rings. The highest BCUT2D eigenvalue weighted by Crippen LogP contribution is 2.16. The van der Waals surface area contributed by atoms with E-state index in [1.54, 1.807) is 20.8 Å². The first kappa shape index (κ1) is 19.2. The predicted molar refractivity (Wildman–Crippen MR) is 91.7 cm³/mol. The van der Waals surface area contributed by atoms with Crippen molar-refractivity contribution in [2.45, 2.75) is 27.2 Å². The first-order valence-electron chi connectivity index (χ1n) is 8.17. The lowest BCUT2D eigenvalue weighted by Crippen LogP contribution is -2.36. The highest BCUT2D eigenvalue weighted by Gasteiger charge is 2.27. The van der Waals surface area contributed by atoms with Crippen LogP contribution in [0.3, 0.4) is 0 Å². The Bertz CT molecular complexity index is 855. The molecule has 1 N–H and O–H groups in total. The van der Waals surface area contributed by atoms with Crippen LogP contribution in [0.4, 0.5) is 9.18 Å². The van der Waals surface area contributed by atoms with E-state index in [9.17, 15) is 18.8 Å². The van der Waals surface area contributed by atoms with Gasteiger partial charge in [-0.05, 0) is 44.5 Å². The molecular weight excluding hydrogens is 345 g/mol. The van der Waals surface area contributed by atoms with Gasteiger partial charge in [0.05, 0.1) is 24.6 Å². The second kappa shape index (κ2) is 8.32. The van der Waals surface area contributed by atoms with Gasteiger partial charge < -0.3 is 9.47 Å². The Morgan fingerprint density at radius 2 is 1.69 bits per heavy atom. The zero-order valence-corrected chi connectivity index (χ0v) is 14.7. The molecule has 2 rings (SSSR count). The molecule has 0 aliphatic carbocycles. The van der Waals surface area contributed by atoms with Crippen LogP contribution in [0.2, 0.25) is 0 Å². The second-order valence-electron chi connectivity index (χ2n) is 5.13. The second-order valence-corrected chi connectivity index (χ2v) is 5.13. The lowest BCUT2D eigenvalue weighted by molar-refractivity contribution is 0.0514. The number of hydrogen-bond donors (Lipinski definition) is 1. The van der Waals surface area contributed by atoms with Gasteiger partial charge in [-0.1, -0.05) is 6.92 Å². The van der Waals surface area contributed by atoms with Crippen molar-refractivity contribution in [3.05, 3.63) is 52.0 Å². The van der Waals surface area contributed by atoms with E-state index in [-0.39, 0.29) is 25.3 Å². The average Bonchev–Trinajstić information content (AvgIpc) is 2.88. The summed E-state index contributed by atoms with van der Waals surface area (Å²) in [4.78, 5) is 37.0. The highest BCUT2D eigenvalue weighted by molar-refractivity contribution is 5.90. The van der Waals surface area contributed by atoms with Crippen molar-refractivity contribution >= 4 is 12.1 Å². The maximum absolute atomic E-state index is 13.2. The molecule has 0 saturated heterocycles. The Labute approximate surface area is 149 Å². The minimum atomic E-state index is -0.890. The molecule has 140 valence electrons. The van der Waals surface area contributed by atoms with Crippen LogP contribution in [0, 0.1) is 5.82 Å². The van der Waals surface area contributed by atoms with Gasteiger partial charge in [0.2, 0.25) is 0 Å². The van der Waals surface area contributed by atoms with Crippen molar-refractivity contribution in [2.24, 2.45) is 0 Å². The molecule has 1 aromatic heterocycles. The summed E-state index contributed by atoms with van der Waals surface area (Å²) in [5.74, 6) is -1.23. The molecule has 26 heavy (non-hydrogen) atoms. The van der Waals surface area contributed by atoms with E-state index in [1.165, 1.54) is 28.8 Å². The number of hydrogen-bond acceptors (Lipinski definition) is 5. The van der Waals surface area contributed by atoms with Gasteiger partial charge in [0.1, 0.15) is 5.82 Å². The molecule has 0 spiro atoms. The van der Waals surface area contributed by atoms with Crippen molar-refractivity contribution in [2.75, 3.05) is 18.6 Å². The first-order chi connectivity index (χ1) is 12.4. The molecule has 0 fully saturated rings. The molecule has 1 amide bonds. The van der Waals surface area contributed by atoms with E-state index in [2.05, 4.69) is 5.43 Å². The molecule has 0 saturated carbocycles. The number of carbonyl (C=O) groups excluding carboxylic acids is 2. The van der Waals surface area contributed by atoms with Crippen LogP contribution < -0.4 is 11.1 Å². The van der Waals surface area contributed by atoms with Crippen molar-refractivity contribution in [3.63, 3.8) is 0 Å². The number of carbonyl (C=O) groups is 2. The van der Waals surface area contributed by atoms with Crippen molar-refractivity contribution in [1.29, 1.82) is 0 Å². The zero-order valence-electron chi connectivity index (χ0n) is 14.7. The molecule has 0 aliphatic heterocycles. The minimum absolute atomic E-state index is 0.0919. The number of rotatable bonds is 6. The van der Waals surface area contributed by atoms with E-state index < -0.39 is 23.6 Å². The van der Waals surface area contributed by atoms with Gasteiger partial charge in [0, 0.05) is 0 Å². The lowest BCUT2D eigenvalue weighted by Gasteiger charge is -2.09. The van der Waals surface area contributed by atoms with Gasteiger partial charge in [-0.2, -0.15) is 4.68 Å². The van der Waals surface area contributed by atoms with E-state index in [0.717, 1.165) is 4.68 Å². The summed E-state index contributed by atoms with van der Waals surface area (Å²) in [6.07, 6.45) is -0.600. The van der Waals surface area contributed by atoms with E-state index >= 15 is 0 Å². The van der Waals surface area contributed by atoms with Gasteiger partial charge in [-0.25, -0.2) is 24.2 Å². The summed E-state index contributed by atoms with van der Waals surface area (Å²) in [5.41, 5.74) is 2.09. The van der Waals surface area contributed by atoms with Gasteiger partial charge in [-0.15, -0.1) is 0 Å². The molecular formula is C17H20FN3O5. The highest BCUT2D eigenvalue weighted by atomic mass is 19.1. The summed E-state index contributed by atoms with van der Waals surface area (Å²) >= 11 is 0. The van der Waals surface area contributed by atoms with Crippen LogP contribution in [-0.2, 0) is 15.9 Å². The van der Waals surface area contributed by atoms with E-state index in [4.69, 9.17) is 9.47 Å². The SMILES string of the molecule is CCOC(=O)Nn1c(C(=O)OCC)c(CC)n(-c2ccc(F)cc2)c1=O. The summed E-state index contributed by atoms with van der Waals surface area (Å²) < 4.78 is 25.0. The van der Waals surface area contributed by atoms with E-state index in [0.29, 0.717) is 11.4 Å². The van der Waals surface area contributed by atoms with Crippen LogP contribution >= 0.6 is 0 Å². The maximum atomic E-state index is 13.2. The number of halogens is 1. The molecule has 0 bridgehead atoms. The Morgan fingerprint density at radius 3 is 2.23 bits per heavy atom. The lowest BCUT2D eigenvalue weighted by atomic mass is 10.2. The summed E-state index contributed by atoms with van der Waals surface area (Å²) in [7, 11) is 0. The molecule has 1 aromatic carbocycles. The molecule has 1 heterocycles. The van der Waals surface area contributed by atoms with Crippen molar-refractivity contribution in [3.8, 4) is 5.69 Å². The Hall–Kier alpha value is -3.10. The van der Waals surface area contributed by atoms with Crippen LogP contribution in [0.1, 0.15) is 37.0 Å². The number of benzene rings is 1. The third-order valence-corrected chi connectivity index (χ3v) is 3.52. The van der Waals surface area contributed by atoms with Gasteiger partial charge >= 0.3 is 17.8 Å². The number of aromatic nitrogens is 2. The number of imidazole rings is 1.